The monoisotopic (exact) mass is 231 g/mol. The molecule has 1 aromatic heterocycles. The Labute approximate surface area is 99.0 Å². The Bertz CT molecular complexity index is 516. The van der Waals surface area contributed by atoms with E-state index in [0.717, 1.165) is 21.8 Å². The van der Waals surface area contributed by atoms with Gasteiger partial charge in [0, 0.05) is 16.6 Å². The fraction of sp³-hybridized carbons (Fsp3) is 0.231. The van der Waals surface area contributed by atoms with Crippen LogP contribution < -0.4 is 0 Å². The number of nitrogens with zero attached hydrogens (tertiary/aromatic N) is 1. The van der Waals surface area contributed by atoms with E-state index < -0.39 is 0 Å². The molecule has 3 heteroatoms. The smallest absolute Gasteiger partial charge is 0.169 e. The lowest BCUT2D eigenvalue weighted by molar-refractivity contribution is 0.0993. The van der Waals surface area contributed by atoms with Crippen LogP contribution in [0.5, 0.6) is 0 Å². The van der Waals surface area contributed by atoms with Crippen LogP contribution in [0.25, 0.3) is 0 Å². The number of carbonyl (C=O) groups is 1. The maximum absolute atomic E-state index is 11.9. The number of Topliss-reactive ketones (excluding diaryl/α,β-unsaturated/α-hetero) is 1. The highest BCUT2D eigenvalue weighted by Crippen LogP contribution is 2.13. The number of thiazole rings is 1. The molecule has 2 aromatic rings. The summed E-state index contributed by atoms with van der Waals surface area (Å²) in [6, 6.07) is 7.68. The third-order valence-corrected chi connectivity index (χ3v) is 3.29. The Balaban J connectivity index is 2.14. The largest absolute Gasteiger partial charge is 0.294 e. The number of hydrogen-bond acceptors (Lipinski definition) is 3. The Kier molecular flexibility index (Phi) is 3.15. The molecule has 2 rings (SSSR count). The summed E-state index contributed by atoms with van der Waals surface area (Å²) in [6.45, 7) is 3.93. The normalized spacial score (nSPS) is 10.4. The first-order chi connectivity index (χ1) is 7.65. The zero-order valence-corrected chi connectivity index (χ0v) is 10.2. The lowest BCUT2D eigenvalue weighted by Crippen LogP contribution is -2.03. The quantitative estimate of drug-likeness (QED) is 0.759. The van der Waals surface area contributed by atoms with E-state index >= 15 is 0 Å². The van der Waals surface area contributed by atoms with Crippen LogP contribution in [0.3, 0.4) is 0 Å². The molecule has 0 aliphatic heterocycles. The molecule has 0 aliphatic carbocycles. The van der Waals surface area contributed by atoms with Crippen LogP contribution in [0, 0.1) is 13.8 Å². The number of benzene rings is 1. The van der Waals surface area contributed by atoms with Gasteiger partial charge in [0.15, 0.2) is 5.78 Å². The van der Waals surface area contributed by atoms with Gasteiger partial charge in [-0.05, 0) is 19.9 Å². The van der Waals surface area contributed by atoms with Gasteiger partial charge in [0.1, 0.15) is 5.01 Å². The molecule has 0 fully saturated rings. The van der Waals surface area contributed by atoms with Gasteiger partial charge < -0.3 is 0 Å². The van der Waals surface area contributed by atoms with Crippen molar-refractivity contribution in [2.45, 2.75) is 20.3 Å². The summed E-state index contributed by atoms with van der Waals surface area (Å²) >= 11 is 1.54. The summed E-state index contributed by atoms with van der Waals surface area (Å²) < 4.78 is 0. The van der Waals surface area contributed by atoms with E-state index in [9.17, 15) is 4.79 Å². The summed E-state index contributed by atoms with van der Waals surface area (Å²) in [6.07, 6.45) is 0.405. The SMILES string of the molecule is Cc1cccc(C(=O)Cc2nc(C)cs2)c1. The lowest BCUT2D eigenvalue weighted by Gasteiger charge is -1.99. The molecule has 0 bridgehead atoms. The molecule has 16 heavy (non-hydrogen) atoms. The van der Waals surface area contributed by atoms with Crippen molar-refractivity contribution in [2.24, 2.45) is 0 Å². The van der Waals surface area contributed by atoms with E-state index in [-0.39, 0.29) is 5.78 Å². The minimum Gasteiger partial charge on any atom is -0.294 e. The van der Waals surface area contributed by atoms with Crippen LogP contribution in [0.15, 0.2) is 29.6 Å². The van der Waals surface area contributed by atoms with Crippen LogP contribution in [0.4, 0.5) is 0 Å². The summed E-state index contributed by atoms with van der Waals surface area (Å²) in [5, 5.41) is 2.86. The summed E-state index contributed by atoms with van der Waals surface area (Å²) in [4.78, 5) is 16.2. The molecule has 0 spiro atoms. The van der Waals surface area contributed by atoms with Crippen molar-refractivity contribution in [3.63, 3.8) is 0 Å². The second-order valence-electron chi connectivity index (χ2n) is 3.85. The third-order valence-electron chi connectivity index (χ3n) is 2.32. The van der Waals surface area contributed by atoms with Gasteiger partial charge in [-0.2, -0.15) is 0 Å². The van der Waals surface area contributed by atoms with Gasteiger partial charge in [0.2, 0.25) is 0 Å². The lowest BCUT2D eigenvalue weighted by atomic mass is 10.1. The zero-order valence-electron chi connectivity index (χ0n) is 9.36. The first kappa shape index (κ1) is 11.0. The molecule has 82 valence electrons. The zero-order chi connectivity index (χ0) is 11.5. The molecule has 1 heterocycles. The number of hydrogen-bond donors (Lipinski definition) is 0. The molecular weight excluding hydrogens is 218 g/mol. The summed E-state index contributed by atoms with van der Waals surface area (Å²) in [5.41, 5.74) is 2.87. The van der Waals surface area contributed by atoms with Crippen LogP contribution in [0.2, 0.25) is 0 Å². The summed E-state index contributed by atoms with van der Waals surface area (Å²) in [7, 11) is 0. The van der Waals surface area contributed by atoms with Crippen molar-refractivity contribution >= 4 is 17.1 Å². The molecule has 1 aromatic carbocycles. The van der Waals surface area contributed by atoms with E-state index in [0.29, 0.717) is 6.42 Å². The topological polar surface area (TPSA) is 30.0 Å². The van der Waals surface area contributed by atoms with E-state index in [1.165, 1.54) is 0 Å². The maximum Gasteiger partial charge on any atom is 0.169 e. The highest BCUT2D eigenvalue weighted by molar-refractivity contribution is 7.09. The predicted octanol–water partition coefficient (Wildman–Crippen LogP) is 3.19. The fourth-order valence-corrected chi connectivity index (χ4v) is 2.31. The van der Waals surface area contributed by atoms with Crippen molar-refractivity contribution in [2.75, 3.05) is 0 Å². The minimum absolute atomic E-state index is 0.137. The van der Waals surface area contributed by atoms with Gasteiger partial charge >= 0.3 is 0 Å². The predicted molar refractivity (Wildman–Crippen MR) is 66.1 cm³/mol. The molecular formula is C13H13NOS. The Morgan fingerprint density at radius 3 is 2.81 bits per heavy atom. The maximum atomic E-state index is 11.9. The van der Waals surface area contributed by atoms with Gasteiger partial charge in [-0.15, -0.1) is 11.3 Å². The molecule has 0 unspecified atom stereocenters. The molecule has 0 N–H and O–H groups in total. The molecule has 0 radical (unpaired) electrons. The van der Waals surface area contributed by atoms with Crippen LogP contribution >= 0.6 is 11.3 Å². The number of aryl methyl sites for hydroxylation is 2. The molecule has 0 aliphatic rings. The Morgan fingerprint density at radius 1 is 1.38 bits per heavy atom. The Morgan fingerprint density at radius 2 is 2.19 bits per heavy atom. The van der Waals surface area contributed by atoms with Gasteiger partial charge in [0.05, 0.1) is 6.42 Å². The van der Waals surface area contributed by atoms with Crippen molar-refractivity contribution in [3.05, 3.63) is 51.5 Å². The first-order valence-corrected chi connectivity index (χ1v) is 6.04. The first-order valence-electron chi connectivity index (χ1n) is 5.16. The Hall–Kier alpha value is -1.48. The van der Waals surface area contributed by atoms with Gasteiger partial charge in [-0.1, -0.05) is 23.8 Å². The standard InChI is InChI=1S/C13H13NOS/c1-9-4-3-5-11(6-9)12(15)7-13-14-10(2)8-16-13/h3-6,8H,7H2,1-2H3. The highest BCUT2D eigenvalue weighted by atomic mass is 32.1. The van der Waals surface area contributed by atoms with Crippen LogP contribution in [-0.2, 0) is 6.42 Å². The fourth-order valence-electron chi connectivity index (χ4n) is 1.54. The van der Waals surface area contributed by atoms with Gasteiger partial charge in [-0.3, -0.25) is 4.79 Å². The van der Waals surface area contributed by atoms with E-state index in [2.05, 4.69) is 4.98 Å². The number of carbonyl (C=O) groups excluding carboxylic acids is 1. The second-order valence-corrected chi connectivity index (χ2v) is 4.79. The third kappa shape index (κ3) is 2.55. The minimum atomic E-state index is 0.137. The van der Waals surface area contributed by atoms with E-state index in [4.69, 9.17) is 0 Å². The summed E-state index contributed by atoms with van der Waals surface area (Å²) in [5.74, 6) is 0.137. The molecule has 0 saturated carbocycles. The average Bonchev–Trinajstić information content (AvgIpc) is 2.64. The second kappa shape index (κ2) is 4.58. The molecule has 2 nitrogen and oxygen atoms in total. The van der Waals surface area contributed by atoms with Crippen molar-refractivity contribution in [1.82, 2.24) is 4.98 Å². The number of rotatable bonds is 3. The van der Waals surface area contributed by atoms with Crippen LogP contribution in [0.1, 0.15) is 26.6 Å². The number of ketones is 1. The number of aromatic nitrogens is 1. The highest BCUT2D eigenvalue weighted by Gasteiger charge is 2.09. The van der Waals surface area contributed by atoms with E-state index in [1.807, 2.05) is 43.5 Å². The van der Waals surface area contributed by atoms with Crippen molar-refractivity contribution in [3.8, 4) is 0 Å². The molecule has 0 atom stereocenters. The average molecular weight is 231 g/mol. The van der Waals surface area contributed by atoms with Crippen molar-refractivity contribution in [1.29, 1.82) is 0 Å². The molecule has 0 saturated heterocycles. The van der Waals surface area contributed by atoms with E-state index in [1.54, 1.807) is 11.3 Å². The van der Waals surface area contributed by atoms with Crippen LogP contribution in [-0.4, -0.2) is 10.8 Å². The van der Waals surface area contributed by atoms with Gasteiger partial charge in [0.25, 0.3) is 0 Å². The molecule has 0 amide bonds. The van der Waals surface area contributed by atoms with Crippen molar-refractivity contribution < 1.29 is 4.79 Å². The van der Waals surface area contributed by atoms with Gasteiger partial charge in [-0.25, -0.2) is 4.98 Å².